The first-order chi connectivity index (χ1) is 5.11. The number of carbonyl (C=O) groups is 1. The summed E-state index contributed by atoms with van der Waals surface area (Å²) >= 11 is 0. The normalized spacial score (nSPS) is 24.8. The van der Waals surface area contributed by atoms with E-state index in [9.17, 15) is 4.79 Å². The molecule has 3 nitrogen and oxygen atoms in total. The van der Waals surface area contributed by atoms with Crippen molar-refractivity contribution in [1.29, 1.82) is 0 Å². The minimum absolute atomic E-state index is 0.0243. The first-order valence-electron chi connectivity index (χ1n) is 3.74. The van der Waals surface area contributed by atoms with E-state index in [2.05, 4.69) is 11.9 Å². The van der Waals surface area contributed by atoms with Gasteiger partial charge in [0.05, 0.1) is 5.92 Å². The Kier molecular flexibility index (Phi) is 2.17. The van der Waals surface area contributed by atoms with Crippen molar-refractivity contribution in [2.24, 2.45) is 11.8 Å². The van der Waals surface area contributed by atoms with Gasteiger partial charge in [-0.2, -0.15) is 0 Å². The van der Waals surface area contributed by atoms with Crippen molar-refractivity contribution in [2.75, 3.05) is 6.61 Å². The van der Waals surface area contributed by atoms with Gasteiger partial charge in [0.1, 0.15) is 6.61 Å². The molecule has 1 aliphatic rings. The molecule has 11 heavy (non-hydrogen) atoms. The molecule has 0 aliphatic carbocycles. The van der Waals surface area contributed by atoms with E-state index in [1.165, 1.54) is 0 Å². The van der Waals surface area contributed by atoms with Gasteiger partial charge in [-0.15, -0.1) is 0 Å². The molecule has 3 heteroatoms. The summed E-state index contributed by atoms with van der Waals surface area (Å²) in [5.74, 6) is 0.687. The molecule has 1 rings (SSSR count). The number of carbonyl (C=O) groups excluding carboxylic acids is 1. The van der Waals surface area contributed by atoms with Crippen LogP contribution >= 0.6 is 0 Å². The van der Waals surface area contributed by atoms with Crippen molar-refractivity contribution in [3.63, 3.8) is 0 Å². The molecule has 1 heterocycles. The quantitative estimate of drug-likeness (QED) is 0.610. The highest BCUT2D eigenvalue weighted by Gasteiger charge is 2.27. The fraction of sp³-hybridized carbons (Fsp3) is 0.625. The summed E-state index contributed by atoms with van der Waals surface area (Å²) in [5, 5.41) is 2.56. The third-order valence-electron chi connectivity index (χ3n) is 1.84. The SMILES string of the molecule is C=C1NC(=O)C(C(C)C)CO1. The van der Waals surface area contributed by atoms with Crippen molar-refractivity contribution in [3.8, 4) is 0 Å². The maximum Gasteiger partial charge on any atom is 0.233 e. The van der Waals surface area contributed by atoms with Gasteiger partial charge < -0.3 is 4.74 Å². The van der Waals surface area contributed by atoms with Crippen LogP contribution in [0.5, 0.6) is 0 Å². The summed E-state index contributed by atoms with van der Waals surface area (Å²) in [4.78, 5) is 11.2. The van der Waals surface area contributed by atoms with Gasteiger partial charge in [0.2, 0.25) is 5.91 Å². The molecule has 1 N–H and O–H groups in total. The Labute approximate surface area is 66.4 Å². The van der Waals surface area contributed by atoms with E-state index in [0.29, 0.717) is 18.4 Å². The van der Waals surface area contributed by atoms with Gasteiger partial charge in [-0.05, 0) is 12.5 Å². The number of hydrogen-bond acceptors (Lipinski definition) is 2. The topological polar surface area (TPSA) is 38.3 Å². The van der Waals surface area contributed by atoms with E-state index in [0.717, 1.165) is 0 Å². The van der Waals surface area contributed by atoms with E-state index >= 15 is 0 Å². The maximum absolute atomic E-state index is 11.2. The van der Waals surface area contributed by atoms with Crippen LogP contribution in [0.1, 0.15) is 13.8 Å². The first-order valence-corrected chi connectivity index (χ1v) is 3.74. The van der Waals surface area contributed by atoms with Crippen molar-refractivity contribution >= 4 is 5.91 Å². The van der Waals surface area contributed by atoms with Gasteiger partial charge in [-0.25, -0.2) is 0 Å². The molecule has 0 saturated carbocycles. The second-order valence-corrected chi connectivity index (χ2v) is 3.07. The van der Waals surface area contributed by atoms with Crippen molar-refractivity contribution < 1.29 is 9.53 Å². The standard InChI is InChI=1S/C8H13NO2/c1-5(2)7-4-11-6(3)9-8(7)10/h5,7H,3-4H2,1-2H3,(H,9,10). The highest BCUT2D eigenvalue weighted by atomic mass is 16.5. The van der Waals surface area contributed by atoms with Gasteiger partial charge in [-0.1, -0.05) is 13.8 Å². The minimum Gasteiger partial charge on any atom is -0.478 e. The fourth-order valence-electron chi connectivity index (χ4n) is 1.03. The van der Waals surface area contributed by atoms with Crippen LogP contribution < -0.4 is 5.32 Å². The van der Waals surface area contributed by atoms with Crippen LogP contribution in [0.25, 0.3) is 0 Å². The zero-order chi connectivity index (χ0) is 8.43. The van der Waals surface area contributed by atoms with Crippen molar-refractivity contribution in [2.45, 2.75) is 13.8 Å². The Morgan fingerprint density at radius 3 is 2.82 bits per heavy atom. The lowest BCUT2D eigenvalue weighted by molar-refractivity contribution is -0.132. The molecular formula is C8H13NO2. The average Bonchev–Trinajstić information content (AvgIpc) is 1.85. The second kappa shape index (κ2) is 2.95. The maximum atomic E-state index is 11.2. The molecule has 0 aromatic heterocycles. The van der Waals surface area contributed by atoms with Gasteiger partial charge >= 0.3 is 0 Å². The Morgan fingerprint density at radius 2 is 2.36 bits per heavy atom. The second-order valence-electron chi connectivity index (χ2n) is 3.07. The molecule has 1 fully saturated rings. The molecule has 1 aliphatic heterocycles. The average molecular weight is 155 g/mol. The van der Waals surface area contributed by atoms with E-state index in [4.69, 9.17) is 4.74 Å². The fourth-order valence-corrected chi connectivity index (χ4v) is 1.03. The summed E-state index contributed by atoms with van der Waals surface area (Å²) in [6, 6.07) is 0. The molecule has 0 aromatic rings. The number of hydrogen-bond donors (Lipinski definition) is 1. The van der Waals surface area contributed by atoms with Crippen LogP contribution in [0.4, 0.5) is 0 Å². The number of rotatable bonds is 1. The van der Waals surface area contributed by atoms with Gasteiger partial charge in [0, 0.05) is 0 Å². The molecule has 1 saturated heterocycles. The van der Waals surface area contributed by atoms with Crippen LogP contribution in [0.2, 0.25) is 0 Å². The molecule has 1 atom stereocenters. The van der Waals surface area contributed by atoms with Gasteiger partial charge in [0.25, 0.3) is 0 Å². The smallest absolute Gasteiger partial charge is 0.233 e. The monoisotopic (exact) mass is 155 g/mol. The summed E-state index contributed by atoms with van der Waals surface area (Å²) < 4.78 is 5.10. The first kappa shape index (κ1) is 8.11. The Hall–Kier alpha value is -0.990. The van der Waals surface area contributed by atoms with E-state index in [1.54, 1.807) is 0 Å². The molecule has 0 bridgehead atoms. The van der Waals surface area contributed by atoms with E-state index < -0.39 is 0 Å². The Bertz CT molecular complexity index is 187. The third-order valence-corrected chi connectivity index (χ3v) is 1.84. The van der Waals surface area contributed by atoms with Crippen molar-refractivity contribution in [1.82, 2.24) is 5.32 Å². The molecule has 1 unspecified atom stereocenters. The lowest BCUT2D eigenvalue weighted by Crippen LogP contribution is -2.41. The Balaban J connectivity index is 2.57. The summed E-state index contributed by atoms with van der Waals surface area (Å²) in [5.41, 5.74) is 0. The summed E-state index contributed by atoms with van der Waals surface area (Å²) in [7, 11) is 0. The van der Waals surface area contributed by atoms with Crippen LogP contribution in [0, 0.1) is 11.8 Å². The van der Waals surface area contributed by atoms with Crippen molar-refractivity contribution in [3.05, 3.63) is 12.5 Å². The zero-order valence-electron chi connectivity index (χ0n) is 6.89. The zero-order valence-corrected chi connectivity index (χ0v) is 6.89. The summed E-state index contributed by atoms with van der Waals surface area (Å²) in [6.07, 6.45) is 0. The third kappa shape index (κ3) is 1.73. The van der Waals surface area contributed by atoms with Gasteiger partial charge in [-0.3, -0.25) is 10.1 Å². The van der Waals surface area contributed by atoms with E-state index in [1.807, 2.05) is 13.8 Å². The highest BCUT2D eigenvalue weighted by molar-refractivity contribution is 5.81. The summed E-state index contributed by atoms with van der Waals surface area (Å²) in [6.45, 7) is 7.97. The molecular weight excluding hydrogens is 142 g/mol. The number of ether oxygens (including phenoxy) is 1. The predicted molar refractivity (Wildman–Crippen MR) is 41.6 cm³/mol. The Morgan fingerprint density at radius 1 is 1.73 bits per heavy atom. The largest absolute Gasteiger partial charge is 0.478 e. The molecule has 0 aromatic carbocycles. The minimum atomic E-state index is -0.0273. The molecule has 0 radical (unpaired) electrons. The van der Waals surface area contributed by atoms with Gasteiger partial charge in [0.15, 0.2) is 5.88 Å². The van der Waals surface area contributed by atoms with Crippen LogP contribution in [0.3, 0.4) is 0 Å². The lowest BCUT2D eigenvalue weighted by Gasteiger charge is -2.26. The molecule has 62 valence electrons. The lowest BCUT2D eigenvalue weighted by atomic mass is 9.95. The van der Waals surface area contributed by atoms with Crippen LogP contribution in [-0.2, 0) is 9.53 Å². The van der Waals surface area contributed by atoms with Crippen LogP contribution in [-0.4, -0.2) is 12.5 Å². The molecule has 1 amide bonds. The van der Waals surface area contributed by atoms with E-state index in [-0.39, 0.29) is 11.8 Å². The predicted octanol–water partition coefficient (Wildman–Crippen LogP) is 0.876. The number of nitrogens with one attached hydrogen (secondary N) is 1. The van der Waals surface area contributed by atoms with Crippen LogP contribution in [0.15, 0.2) is 12.5 Å². The highest BCUT2D eigenvalue weighted by Crippen LogP contribution is 2.16. The number of amides is 1. The molecule has 0 spiro atoms.